The molecule has 19 heavy (non-hydrogen) atoms. The molecule has 2 aromatic rings. The topological polar surface area (TPSA) is 48.9 Å². The number of aromatic amines is 1. The molecule has 1 aliphatic rings. The second kappa shape index (κ2) is 3.90. The van der Waals surface area contributed by atoms with Crippen LogP contribution in [-0.4, -0.2) is 21.2 Å². The van der Waals surface area contributed by atoms with Gasteiger partial charge in [0.05, 0.1) is 23.2 Å². The average Bonchev–Trinajstić information content (AvgIpc) is 3.01. The van der Waals surface area contributed by atoms with Crippen molar-refractivity contribution in [3.05, 3.63) is 28.9 Å². The minimum absolute atomic E-state index is 0.305. The molecule has 0 saturated heterocycles. The second-order valence-corrected chi connectivity index (χ2v) is 5.71. The van der Waals surface area contributed by atoms with Gasteiger partial charge in [0.1, 0.15) is 0 Å². The standard InChI is InChI=1S/C13H13ClF2N2O/c1-12(15,16)13(2-3-13)11(19)9-5-8(14)4-7-6-17-18-10(7)9/h4-6,11,19H,2-3H2,1H3,(H,17,18). The number of hydrogen-bond donors (Lipinski definition) is 2. The molecule has 1 saturated carbocycles. The molecule has 1 aromatic heterocycles. The largest absolute Gasteiger partial charge is 0.388 e. The number of nitrogens with zero attached hydrogens (tertiary/aromatic N) is 1. The Morgan fingerprint density at radius 3 is 2.74 bits per heavy atom. The summed E-state index contributed by atoms with van der Waals surface area (Å²) in [5.74, 6) is -2.93. The van der Waals surface area contributed by atoms with Gasteiger partial charge in [-0.15, -0.1) is 0 Å². The van der Waals surface area contributed by atoms with Gasteiger partial charge in [-0.25, -0.2) is 8.78 Å². The van der Waals surface area contributed by atoms with Gasteiger partial charge in [-0.2, -0.15) is 5.10 Å². The number of aliphatic hydroxyl groups is 1. The molecular formula is C13H13ClF2N2O. The fourth-order valence-corrected chi connectivity index (χ4v) is 2.88. The first-order valence-electron chi connectivity index (χ1n) is 6.03. The first-order chi connectivity index (χ1) is 8.85. The Balaban J connectivity index is 2.12. The zero-order chi connectivity index (χ0) is 13.8. The summed E-state index contributed by atoms with van der Waals surface area (Å²) in [6.07, 6.45) is 0.912. The van der Waals surface area contributed by atoms with Crippen LogP contribution in [0.5, 0.6) is 0 Å². The predicted molar refractivity (Wildman–Crippen MR) is 68.4 cm³/mol. The van der Waals surface area contributed by atoms with E-state index in [1.54, 1.807) is 12.3 Å². The highest BCUT2D eigenvalue weighted by atomic mass is 35.5. The van der Waals surface area contributed by atoms with Gasteiger partial charge >= 0.3 is 0 Å². The second-order valence-electron chi connectivity index (χ2n) is 5.28. The summed E-state index contributed by atoms with van der Waals surface area (Å²) in [4.78, 5) is 0. The molecule has 6 heteroatoms. The third kappa shape index (κ3) is 1.83. The van der Waals surface area contributed by atoms with Crippen molar-refractivity contribution in [3.8, 4) is 0 Å². The Morgan fingerprint density at radius 2 is 2.16 bits per heavy atom. The highest BCUT2D eigenvalue weighted by Crippen LogP contribution is 2.64. The highest BCUT2D eigenvalue weighted by molar-refractivity contribution is 6.31. The van der Waals surface area contributed by atoms with E-state index in [0.717, 1.165) is 6.92 Å². The van der Waals surface area contributed by atoms with Crippen molar-refractivity contribution < 1.29 is 13.9 Å². The van der Waals surface area contributed by atoms with Crippen molar-refractivity contribution in [1.82, 2.24) is 10.2 Å². The smallest absolute Gasteiger partial charge is 0.253 e. The average molecular weight is 287 g/mol. The predicted octanol–water partition coefficient (Wildman–Crippen LogP) is 3.69. The molecule has 0 aliphatic heterocycles. The molecule has 0 radical (unpaired) electrons. The van der Waals surface area contributed by atoms with Gasteiger partial charge < -0.3 is 5.11 Å². The van der Waals surface area contributed by atoms with Crippen LogP contribution in [0.1, 0.15) is 31.4 Å². The van der Waals surface area contributed by atoms with Crippen LogP contribution < -0.4 is 0 Å². The van der Waals surface area contributed by atoms with Crippen molar-refractivity contribution in [2.24, 2.45) is 5.41 Å². The highest BCUT2D eigenvalue weighted by Gasteiger charge is 2.63. The van der Waals surface area contributed by atoms with Gasteiger partial charge in [-0.1, -0.05) is 11.6 Å². The number of nitrogens with one attached hydrogen (secondary N) is 1. The molecule has 1 heterocycles. The fourth-order valence-electron chi connectivity index (χ4n) is 2.65. The Morgan fingerprint density at radius 1 is 1.47 bits per heavy atom. The number of aromatic nitrogens is 2. The molecule has 0 amide bonds. The molecule has 2 N–H and O–H groups in total. The molecule has 1 aliphatic carbocycles. The molecule has 3 nitrogen and oxygen atoms in total. The normalized spacial score (nSPS) is 19.6. The Labute approximate surface area is 113 Å². The Hall–Kier alpha value is -1.20. The lowest BCUT2D eigenvalue weighted by molar-refractivity contribution is -0.108. The SMILES string of the molecule is CC(F)(F)C1(C(O)c2cc(Cl)cc3cn[nH]c23)CC1. The van der Waals surface area contributed by atoms with Crippen molar-refractivity contribution in [3.63, 3.8) is 0 Å². The van der Waals surface area contributed by atoms with Crippen molar-refractivity contribution in [2.75, 3.05) is 0 Å². The van der Waals surface area contributed by atoms with Crippen molar-refractivity contribution >= 4 is 22.5 Å². The van der Waals surface area contributed by atoms with Crippen LogP contribution in [-0.2, 0) is 0 Å². The minimum atomic E-state index is -2.93. The van der Waals surface area contributed by atoms with Gasteiger partial charge in [0.25, 0.3) is 5.92 Å². The number of hydrogen-bond acceptors (Lipinski definition) is 2. The summed E-state index contributed by atoms with van der Waals surface area (Å²) < 4.78 is 27.4. The lowest BCUT2D eigenvalue weighted by Gasteiger charge is -2.28. The summed E-state index contributed by atoms with van der Waals surface area (Å²) in [5, 5.41) is 18.1. The maximum atomic E-state index is 13.7. The van der Waals surface area contributed by atoms with E-state index in [1.807, 2.05) is 0 Å². The van der Waals surface area contributed by atoms with Gasteiger partial charge in [0, 0.05) is 22.9 Å². The number of rotatable bonds is 3. The monoisotopic (exact) mass is 286 g/mol. The first-order valence-corrected chi connectivity index (χ1v) is 6.41. The molecule has 1 aromatic carbocycles. The molecule has 0 bridgehead atoms. The Bertz CT molecular complexity index is 631. The van der Waals surface area contributed by atoms with Crippen LogP contribution in [0.3, 0.4) is 0 Å². The quantitative estimate of drug-likeness (QED) is 0.904. The van der Waals surface area contributed by atoms with Crippen LogP contribution >= 0.6 is 11.6 Å². The van der Waals surface area contributed by atoms with Gasteiger partial charge in [0.2, 0.25) is 0 Å². The summed E-state index contributed by atoms with van der Waals surface area (Å²) in [6, 6.07) is 3.21. The number of benzene rings is 1. The van der Waals surface area contributed by atoms with Gasteiger partial charge in [-0.3, -0.25) is 5.10 Å². The van der Waals surface area contributed by atoms with E-state index < -0.39 is 17.4 Å². The Kier molecular flexibility index (Phi) is 2.63. The molecule has 3 rings (SSSR count). The third-order valence-corrected chi connectivity index (χ3v) is 4.24. The first kappa shape index (κ1) is 12.8. The molecule has 0 spiro atoms. The molecule has 1 fully saturated rings. The molecular weight excluding hydrogens is 274 g/mol. The van der Waals surface area contributed by atoms with E-state index in [4.69, 9.17) is 11.6 Å². The van der Waals surface area contributed by atoms with Gasteiger partial charge in [0.15, 0.2) is 0 Å². The number of H-pyrrole nitrogens is 1. The minimum Gasteiger partial charge on any atom is -0.388 e. The molecule has 1 unspecified atom stereocenters. The van der Waals surface area contributed by atoms with E-state index in [1.165, 1.54) is 6.07 Å². The summed E-state index contributed by atoms with van der Waals surface area (Å²) in [7, 11) is 0. The lowest BCUT2D eigenvalue weighted by atomic mass is 9.87. The van der Waals surface area contributed by atoms with Crippen molar-refractivity contribution in [2.45, 2.75) is 31.8 Å². The van der Waals surface area contributed by atoms with Crippen LogP contribution in [0.25, 0.3) is 10.9 Å². The maximum Gasteiger partial charge on any atom is 0.253 e. The number of alkyl halides is 2. The van der Waals surface area contributed by atoms with E-state index in [-0.39, 0.29) is 0 Å². The maximum absolute atomic E-state index is 13.7. The van der Waals surface area contributed by atoms with Crippen LogP contribution in [0, 0.1) is 5.41 Å². The third-order valence-electron chi connectivity index (χ3n) is 4.03. The van der Waals surface area contributed by atoms with Gasteiger partial charge in [-0.05, 0) is 25.0 Å². The lowest BCUT2D eigenvalue weighted by Crippen LogP contribution is -2.32. The zero-order valence-electron chi connectivity index (χ0n) is 10.3. The van der Waals surface area contributed by atoms with Crippen LogP contribution in [0.4, 0.5) is 8.78 Å². The van der Waals surface area contributed by atoms with Crippen LogP contribution in [0.15, 0.2) is 18.3 Å². The number of aliphatic hydroxyl groups excluding tert-OH is 1. The van der Waals surface area contributed by atoms with E-state index in [2.05, 4.69) is 10.2 Å². The summed E-state index contributed by atoms with van der Waals surface area (Å²) in [6.45, 7) is 0.859. The molecule has 102 valence electrons. The summed E-state index contributed by atoms with van der Waals surface area (Å²) in [5.41, 5.74) is -0.429. The fraction of sp³-hybridized carbons (Fsp3) is 0.462. The number of halogens is 3. The van der Waals surface area contributed by atoms with E-state index in [9.17, 15) is 13.9 Å². The van der Waals surface area contributed by atoms with Crippen LogP contribution in [0.2, 0.25) is 5.02 Å². The van der Waals surface area contributed by atoms with E-state index in [0.29, 0.717) is 34.3 Å². The molecule has 1 atom stereocenters. The number of fused-ring (bicyclic) bond motifs is 1. The van der Waals surface area contributed by atoms with Crippen molar-refractivity contribution in [1.29, 1.82) is 0 Å². The zero-order valence-corrected chi connectivity index (χ0v) is 11.0. The summed E-state index contributed by atoms with van der Waals surface area (Å²) >= 11 is 5.97. The van der Waals surface area contributed by atoms with E-state index >= 15 is 0 Å².